The van der Waals surface area contributed by atoms with Crippen molar-refractivity contribution in [2.45, 2.75) is 19.5 Å². The molecule has 0 spiro atoms. The van der Waals surface area contributed by atoms with Crippen LogP contribution in [0.5, 0.6) is 0 Å². The van der Waals surface area contributed by atoms with Gasteiger partial charge in [-0.1, -0.05) is 0 Å². The molecule has 0 aliphatic carbocycles. The summed E-state index contributed by atoms with van der Waals surface area (Å²) >= 11 is 1.64. The SMILES string of the molecule is CNC(C)c1ccn(Cc2cscn2)c1. The minimum Gasteiger partial charge on any atom is -0.348 e. The van der Waals surface area contributed by atoms with Crippen molar-refractivity contribution in [3.8, 4) is 0 Å². The second kappa shape index (κ2) is 4.59. The summed E-state index contributed by atoms with van der Waals surface area (Å²) in [5.74, 6) is 0. The Morgan fingerprint density at radius 1 is 1.60 bits per heavy atom. The molecule has 0 saturated heterocycles. The first-order chi connectivity index (χ1) is 7.29. The third-order valence-corrected chi connectivity index (χ3v) is 3.17. The predicted octanol–water partition coefficient (Wildman–Crippen LogP) is 2.27. The Morgan fingerprint density at radius 3 is 3.13 bits per heavy atom. The highest BCUT2D eigenvalue weighted by Crippen LogP contribution is 2.13. The van der Waals surface area contributed by atoms with Crippen LogP contribution >= 0.6 is 11.3 Å². The summed E-state index contributed by atoms with van der Waals surface area (Å²) in [6.07, 6.45) is 4.27. The van der Waals surface area contributed by atoms with E-state index in [0.717, 1.165) is 12.2 Å². The van der Waals surface area contributed by atoms with Gasteiger partial charge in [-0.25, -0.2) is 4.98 Å². The first kappa shape index (κ1) is 10.4. The van der Waals surface area contributed by atoms with Crippen LogP contribution in [0.15, 0.2) is 29.4 Å². The molecule has 2 aromatic rings. The maximum absolute atomic E-state index is 4.27. The van der Waals surface area contributed by atoms with E-state index in [-0.39, 0.29) is 0 Å². The summed E-state index contributed by atoms with van der Waals surface area (Å²) in [6, 6.07) is 2.55. The summed E-state index contributed by atoms with van der Waals surface area (Å²) in [4.78, 5) is 4.27. The largest absolute Gasteiger partial charge is 0.348 e. The number of thiazole rings is 1. The lowest BCUT2D eigenvalue weighted by Crippen LogP contribution is -2.11. The number of rotatable bonds is 4. The minimum atomic E-state index is 0.404. The van der Waals surface area contributed by atoms with Gasteiger partial charge in [0.2, 0.25) is 0 Å². The van der Waals surface area contributed by atoms with Gasteiger partial charge < -0.3 is 9.88 Å². The van der Waals surface area contributed by atoms with Crippen molar-refractivity contribution in [1.29, 1.82) is 0 Å². The normalized spacial score (nSPS) is 12.9. The average Bonchev–Trinajstić information content (AvgIpc) is 2.88. The molecule has 2 rings (SSSR count). The highest BCUT2D eigenvalue weighted by atomic mass is 32.1. The van der Waals surface area contributed by atoms with Crippen LogP contribution in [0.1, 0.15) is 24.2 Å². The summed E-state index contributed by atoms with van der Waals surface area (Å²) in [6.45, 7) is 3.02. The van der Waals surface area contributed by atoms with E-state index in [1.807, 2.05) is 12.6 Å². The number of hydrogen-bond donors (Lipinski definition) is 1. The van der Waals surface area contributed by atoms with Crippen LogP contribution in [0, 0.1) is 0 Å². The second-order valence-electron chi connectivity index (χ2n) is 3.61. The zero-order valence-electron chi connectivity index (χ0n) is 8.97. The summed E-state index contributed by atoms with van der Waals surface area (Å²) < 4.78 is 2.16. The van der Waals surface area contributed by atoms with Gasteiger partial charge >= 0.3 is 0 Å². The topological polar surface area (TPSA) is 29.9 Å². The van der Waals surface area contributed by atoms with E-state index >= 15 is 0 Å². The van der Waals surface area contributed by atoms with Crippen LogP contribution in [-0.2, 0) is 6.54 Å². The molecular weight excluding hydrogens is 206 g/mol. The molecular formula is C11H15N3S. The Kier molecular flexibility index (Phi) is 3.18. The van der Waals surface area contributed by atoms with Gasteiger partial charge in [0, 0.05) is 23.8 Å². The van der Waals surface area contributed by atoms with Crippen molar-refractivity contribution in [2.24, 2.45) is 0 Å². The molecule has 0 amide bonds. The van der Waals surface area contributed by atoms with Crippen LogP contribution in [0.2, 0.25) is 0 Å². The Labute approximate surface area is 93.8 Å². The van der Waals surface area contributed by atoms with Crippen molar-refractivity contribution in [1.82, 2.24) is 14.9 Å². The lowest BCUT2D eigenvalue weighted by Gasteiger charge is -2.06. The molecule has 0 bridgehead atoms. The predicted molar refractivity (Wildman–Crippen MR) is 63.1 cm³/mol. The quantitative estimate of drug-likeness (QED) is 0.858. The number of nitrogens with one attached hydrogen (secondary N) is 1. The van der Waals surface area contributed by atoms with E-state index in [4.69, 9.17) is 0 Å². The molecule has 0 aliphatic heterocycles. The second-order valence-corrected chi connectivity index (χ2v) is 4.33. The van der Waals surface area contributed by atoms with Gasteiger partial charge in [-0.3, -0.25) is 0 Å². The Bertz CT molecular complexity index is 405. The van der Waals surface area contributed by atoms with Gasteiger partial charge in [-0.15, -0.1) is 11.3 Å². The fourth-order valence-corrected chi connectivity index (χ4v) is 2.03. The number of aromatic nitrogens is 2. The molecule has 2 heterocycles. The van der Waals surface area contributed by atoms with E-state index in [1.165, 1.54) is 5.56 Å². The van der Waals surface area contributed by atoms with E-state index in [9.17, 15) is 0 Å². The Balaban J connectivity index is 2.07. The van der Waals surface area contributed by atoms with Gasteiger partial charge in [0.1, 0.15) is 0 Å². The van der Waals surface area contributed by atoms with Crippen LogP contribution in [0.4, 0.5) is 0 Å². The fourth-order valence-electron chi connectivity index (χ4n) is 1.48. The third-order valence-electron chi connectivity index (χ3n) is 2.53. The smallest absolute Gasteiger partial charge is 0.0795 e. The molecule has 3 nitrogen and oxygen atoms in total. The molecule has 0 radical (unpaired) electrons. The van der Waals surface area contributed by atoms with E-state index < -0.39 is 0 Å². The monoisotopic (exact) mass is 221 g/mol. The van der Waals surface area contributed by atoms with Gasteiger partial charge in [0.05, 0.1) is 17.7 Å². The Morgan fingerprint density at radius 2 is 2.47 bits per heavy atom. The van der Waals surface area contributed by atoms with Gasteiger partial charge in [0.15, 0.2) is 0 Å². The van der Waals surface area contributed by atoms with E-state index in [1.54, 1.807) is 11.3 Å². The van der Waals surface area contributed by atoms with Crippen LogP contribution in [0.3, 0.4) is 0 Å². The van der Waals surface area contributed by atoms with Crippen molar-refractivity contribution < 1.29 is 0 Å². The van der Waals surface area contributed by atoms with Crippen LogP contribution in [0.25, 0.3) is 0 Å². The van der Waals surface area contributed by atoms with Crippen molar-refractivity contribution in [3.63, 3.8) is 0 Å². The van der Waals surface area contributed by atoms with Gasteiger partial charge in [-0.05, 0) is 25.6 Å². The van der Waals surface area contributed by atoms with Crippen molar-refractivity contribution >= 4 is 11.3 Å². The Hall–Kier alpha value is -1.13. The first-order valence-electron chi connectivity index (χ1n) is 4.99. The average molecular weight is 221 g/mol. The lowest BCUT2D eigenvalue weighted by molar-refractivity contribution is 0.648. The molecule has 4 heteroatoms. The number of hydrogen-bond acceptors (Lipinski definition) is 3. The standard InChI is InChI=1S/C11H15N3S/c1-9(12-2)10-3-4-14(5-10)6-11-7-15-8-13-11/h3-5,7-9,12H,6H2,1-2H3. The minimum absolute atomic E-state index is 0.404. The molecule has 1 atom stereocenters. The maximum Gasteiger partial charge on any atom is 0.0795 e. The zero-order valence-corrected chi connectivity index (χ0v) is 9.79. The molecule has 0 aromatic carbocycles. The third kappa shape index (κ3) is 2.46. The summed E-state index contributed by atoms with van der Waals surface area (Å²) in [5, 5.41) is 5.31. The highest BCUT2D eigenvalue weighted by Gasteiger charge is 2.04. The van der Waals surface area contributed by atoms with E-state index in [2.05, 4.69) is 45.6 Å². The van der Waals surface area contributed by atoms with E-state index in [0.29, 0.717) is 6.04 Å². The lowest BCUT2D eigenvalue weighted by atomic mass is 10.2. The van der Waals surface area contributed by atoms with Crippen molar-refractivity contribution in [3.05, 3.63) is 40.6 Å². The van der Waals surface area contributed by atoms with Gasteiger partial charge in [0.25, 0.3) is 0 Å². The summed E-state index contributed by atoms with van der Waals surface area (Å²) in [7, 11) is 1.97. The fraction of sp³-hybridized carbons (Fsp3) is 0.364. The molecule has 0 saturated carbocycles. The van der Waals surface area contributed by atoms with Crippen LogP contribution < -0.4 is 5.32 Å². The van der Waals surface area contributed by atoms with Crippen LogP contribution in [-0.4, -0.2) is 16.6 Å². The number of nitrogens with zero attached hydrogens (tertiary/aromatic N) is 2. The maximum atomic E-state index is 4.27. The molecule has 0 fully saturated rings. The summed E-state index contributed by atoms with van der Waals surface area (Å²) in [5.41, 5.74) is 4.31. The zero-order chi connectivity index (χ0) is 10.7. The highest BCUT2D eigenvalue weighted by molar-refractivity contribution is 7.07. The van der Waals surface area contributed by atoms with Crippen molar-refractivity contribution in [2.75, 3.05) is 7.05 Å². The molecule has 0 aliphatic rings. The molecule has 1 unspecified atom stereocenters. The van der Waals surface area contributed by atoms with Gasteiger partial charge in [-0.2, -0.15) is 0 Å². The molecule has 1 N–H and O–H groups in total. The first-order valence-corrected chi connectivity index (χ1v) is 5.94. The molecule has 15 heavy (non-hydrogen) atoms. The molecule has 2 aromatic heterocycles. The molecule has 80 valence electrons.